The van der Waals surface area contributed by atoms with E-state index in [2.05, 4.69) is 20.8 Å². The number of rotatable bonds is 7. The predicted octanol–water partition coefficient (Wildman–Crippen LogP) is 2.70. The molecular formula is C18H27NO4S. The molecule has 1 aromatic rings. The molecule has 0 heterocycles. The highest BCUT2D eigenvalue weighted by Gasteiger charge is 2.35. The number of nitrogens with zero attached hydrogens (tertiary/aromatic N) is 1. The Labute approximate surface area is 144 Å². The summed E-state index contributed by atoms with van der Waals surface area (Å²) in [4.78, 5) is 13.3. The van der Waals surface area contributed by atoms with Crippen LogP contribution in [0.4, 0.5) is 0 Å². The van der Waals surface area contributed by atoms with Crippen molar-refractivity contribution in [3.8, 4) is 0 Å². The minimum absolute atomic E-state index is 0.0258. The zero-order chi connectivity index (χ0) is 18.1. The fourth-order valence-electron chi connectivity index (χ4n) is 2.75. The molecule has 1 aliphatic carbocycles. The number of sulfone groups is 1. The first-order chi connectivity index (χ1) is 11.0. The van der Waals surface area contributed by atoms with Crippen LogP contribution in [0.15, 0.2) is 29.2 Å². The van der Waals surface area contributed by atoms with Crippen LogP contribution in [0.2, 0.25) is 0 Å². The van der Waals surface area contributed by atoms with Crippen molar-refractivity contribution in [3.63, 3.8) is 0 Å². The summed E-state index contributed by atoms with van der Waals surface area (Å²) in [6.07, 6.45) is 1.88. The van der Waals surface area contributed by atoms with Crippen LogP contribution >= 0.6 is 0 Å². The third-order valence-corrected chi connectivity index (χ3v) is 6.28. The van der Waals surface area contributed by atoms with Crippen molar-refractivity contribution in [2.24, 2.45) is 0 Å². The Hall–Kier alpha value is -1.40. The van der Waals surface area contributed by atoms with Crippen LogP contribution in [-0.4, -0.2) is 48.8 Å². The number of carboxylic acid groups (broad SMARTS) is 1. The molecule has 0 aromatic heterocycles. The molecule has 1 unspecified atom stereocenters. The van der Waals surface area contributed by atoms with Gasteiger partial charge in [0.15, 0.2) is 9.84 Å². The van der Waals surface area contributed by atoms with Crippen molar-refractivity contribution in [2.45, 2.75) is 62.9 Å². The molecule has 1 aliphatic rings. The second-order valence-electron chi connectivity index (χ2n) is 7.58. The van der Waals surface area contributed by atoms with Crippen molar-refractivity contribution in [1.82, 2.24) is 4.90 Å². The number of benzene rings is 1. The van der Waals surface area contributed by atoms with E-state index in [-0.39, 0.29) is 23.8 Å². The SMILES string of the molecule is CC(C(=O)O)N(CCS(=O)(=O)c1ccc(C(C)(C)C)cc1)C1CC1. The maximum atomic E-state index is 12.6. The molecule has 24 heavy (non-hydrogen) atoms. The first-order valence-electron chi connectivity index (χ1n) is 8.34. The zero-order valence-electron chi connectivity index (χ0n) is 14.8. The summed E-state index contributed by atoms with van der Waals surface area (Å²) < 4.78 is 25.1. The lowest BCUT2D eigenvalue weighted by atomic mass is 9.87. The van der Waals surface area contributed by atoms with E-state index in [1.54, 1.807) is 24.0 Å². The van der Waals surface area contributed by atoms with Gasteiger partial charge in [0.1, 0.15) is 6.04 Å². The van der Waals surface area contributed by atoms with Crippen LogP contribution in [0, 0.1) is 0 Å². The first kappa shape index (κ1) is 18.9. The summed E-state index contributed by atoms with van der Waals surface area (Å²) in [6.45, 7) is 8.11. The second-order valence-corrected chi connectivity index (χ2v) is 9.69. The Morgan fingerprint density at radius 3 is 2.21 bits per heavy atom. The molecule has 5 nitrogen and oxygen atoms in total. The van der Waals surface area contributed by atoms with E-state index in [1.165, 1.54) is 0 Å². The minimum Gasteiger partial charge on any atom is -0.480 e. The van der Waals surface area contributed by atoms with E-state index in [0.29, 0.717) is 4.90 Å². The van der Waals surface area contributed by atoms with Crippen LogP contribution < -0.4 is 0 Å². The van der Waals surface area contributed by atoms with Crippen molar-refractivity contribution < 1.29 is 18.3 Å². The molecule has 1 aromatic carbocycles. The molecule has 0 aliphatic heterocycles. The van der Waals surface area contributed by atoms with Gasteiger partial charge >= 0.3 is 5.97 Å². The highest BCUT2D eigenvalue weighted by molar-refractivity contribution is 7.91. The Morgan fingerprint density at radius 1 is 1.25 bits per heavy atom. The average Bonchev–Trinajstić information content (AvgIpc) is 3.31. The number of hydrogen-bond donors (Lipinski definition) is 1. The summed E-state index contributed by atoms with van der Waals surface area (Å²) in [6, 6.07) is 6.55. The molecular weight excluding hydrogens is 326 g/mol. The Kier molecular flexibility index (Phi) is 5.40. The van der Waals surface area contributed by atoms with Crippen molar-refractivity contribution in [1.29, 1.82) is 0 Å². The monoisotopic (exact) mass is 353 g/mol. The molecule has 1 N–H and O–H groups in total. The summed E-state index contributed by atoms with van der Waals surface area (Å²) in [5.41, 5.74) is 1.06. The van der Waals surface area contributed by atoms with Crippen LogP contribution in [-0.2, 0) is 20.0 Å². The molecule has 1 atom stereocenters. The molecule has 6 heteroatoms. The first-order valence-corrected chi connectivity index (χ1v) is 9.99. The predicted molar refractivity (Wildman–Crippen MR) is 94.0 cm³/mol. The number of aliphatic carboxylic acids is 1. The third kappa shape index (κ3) is 4.57. The molecule has 0 radical (unpaired) electrons. The largest absolute Gasteiger partial charge is 0.480 e. The van der Waals surface area contributed by atoms with Gasteiger partial charge in [-0.2, -0.15) is 0 Å². The summed E-state index contributed by atoms with van der Waals surface area (Å²) >= 11 is 0. The normalized spacial score (nSPS) is 17.0. The van der Waals surface area contributed by atoms with Gasteiger partial charge in [-0.3, -0.25) is 9.69 Å². The average molecular weight is 353 g/mol. The number of carboxylic acids is 1. The molecule has 0 amide bonds. The maximum Gasteiger partial charge on any atom is 0.320 e. The van der Waals surface area contributed by atoms with Gasteiger partial charge in [0.25, 0.3) is 0 Å². The lowest BCUT2D eigenvalue weighted by molar-refractivity contribution is -0.142. The Bertz CT molecular complexity index is 685. The lowest BCUT2D eigenvalue weighted by Gasteiger charge is -2.26. The standard InChI is InChI=1S/C18H27NO4S/c1-13(17(20)21)19(15-7-8-15)11-12-24(22,23)16-9-5-14(6-10-16)18(2,3)4/h5-6,9-10,13,15H,7-8,11-12H2,1-4H3,(H,20,21). The van der Waals surface area contributed by atoms with E-state index in [9.17, 15) is 18.3 Å². The summed E-state index contributed by atoms with van der Waals surface area (Å²) in [5, 5.41) is 9.19. The van der Waals surface area contributed by atoms with Gasteiger partial charge < -0.3 is 5.11 Å². The van der Waals surface area contributed by atoms with E-state index in [4.69, 9.17) is 0 Å². The fraction of sp³-hybridized carbons (Fsp3) is 0.611. The van der Waals surface area contributed by atoms with Crippen LogP contribution in [0.1, 0.15) is 46.1 Å². The highest BCUT2D eigenvalue weighted by atomic mass is 32.2. The van der Waals surface area contributed by atoms with Gasteiger partial charge in [-0.1, -0.05) is 32.9 Å². The van der Waals surface area contributed by atoms with E-state index >= 15 is 0 Å². The van der Waals surface area contributed by atoms with E-state index in [1.807, 2.05) is 12.1 Å². The van der Waals surface area contributed by atoms with Crippen LogP contribution in [0.3, 0.4) is 0 Å². The quantitative estimate of drug-likeness (QED) is 0.816. The van der Waals surface area contributed by atoms with Gasteiger partial charge in [0.2, 0.25) is 0 Å². The van der Waals surface area contributed by atoms with E-state index in [0.717, 1.165) is 18.4 Å². The minimum atomic E-state index is -3.42. The number of hydrogen-bond acceptors (Lipinski definition) is 4. The van der Waals surface area contributed by atoms with Gasteiger partial charge in [-0.25, -0.2) is 8.42 Å². The topological polar surface area (TPSA) is 74.7 Å². The molecule has 1 saturated carbocycles. The molecule has 2 rings (SSSR count). The molecule has 0 bridgehead atoms. The van der Waals surface area contributed by atoms with Gasteiger partial charge in [0.05, 0.1) is 10.6 Å². The molecule has 1 fully saturated rings. The molecule has 0 saturated heterocycles. The molecule has 0 spiro atoms. The second kappa shape index (κ2) is 6.84. The fourth-order valence-corrected chi connectivity index (χ4v) is 3.98. The zero-order valence-corrected chi connectivity index (χ0v) is 15.6. The summed E-state index contributed by atoms with van der Waals surface area (Å²) in [5.74, 6) is -0.968. The third-order valence-electron chi connectivity index (χ3n) is 4.57. The smallest absolute Gasteiger partial charge is 0.320 e. The Balaban J connectivity index is 2.09. The van der Waals surface area contributed by atoms with Crippen molar-refractivity contribution >= 4 is 15.8 Å². The molecule has 134 valence electrons. The van der Waals surface area contributed by atoms with Gasteiger partial charge in [0, 0.05) is 12.6 Å². The van der Waals surface area contributed by atoms with Crippen LogP contribution in [0.5, 0.6) is 0 Å². The number of carbonyl (C=O) groups is 1. The van der Waals surface area contributed by atoms with Crippen molar-refractivity contribution in [3.05, 3.63) is 29.8 Å². The van der Waals surface area contributed by atoms with Crippen molar-refractivity contribution in [2.75, 3.05) is 12.3 Å². The highest BCUT2D eigenvalue weighted by Crippen LogP contribution is 2.29. The maximum absolute atomic E-state index is 12.6. The van der Waals surface area contributed by atoms with Gasteiger partial charge in [-0.05, 0) is 42.9 Å². The Morgan fingerprint density at radius 2 is 1.79 bits per heavy atom. The van der Waals surface area contributed by atoms with Gasteiger partial charge in [-0.15, -0.1) is 0 Å². The van der Waals surface area contributed by atoms with Crippen LogP contribution in [0.25, 0.3) is 0 Å². The van der Waals surface area contributed by atoms with E-state index < -0.39 is 21.8 Å². The summed E-state index contributed by atoms with van der Waals surface area (Å²) in [7, 11) is -3.42. The lowest BCUT2D eigenvalue weighted by Crippen LogP contribution is -2.43.